The van der Waals surface area contributed by atoms with Crippen molar-refractivity contribution in [1.29, 1.82) is 0 Å². The molecule has 0 N–H and O–H groups in total. The van der Waals surface area contributed by atoms with Crippen LogP contribution in [0.3, 0.4) is 0 Å². The van der Waals surface area contributed by atoms with Crippen molar-refractivity contribution in [2.45, 2.75) is 117 Å². The van der Waals surface area contributed by atoms with Crippen LogP contribution in [0.25, 0.3) is 0 Å². The van der Waals surface area contributed by atoms with Crippen LogP contribution in [-0.4, -0.2) is 54.5 Å². The quantitative estimate of drug-likeness (QED) is 0.179. The van der Waals surface area contributed by atoms with Crippen molar-refractivity contribution in [3.8, 4) is 0 Å². The Morgan fingerprint density at radius 1 is 0.865 bits per heavy atom. The van der Waals surface area contributed by atoms with Crippen LogP contribution in [-0.2, 0) is 18.5 Å². The van der Waals surface area contributed by atoms with Crippen LogP contribution >= 0.6 is 0 Å². The topological polar surface area (TPSA) is 61.6 Å². The highest BCUT2D eigenvalue weighted by Gasteiger charge is 2.67. The minimum Gasteiger partial charge on any atom is -0.412 e. The Morgan fingerprint density at radius 2 is 1.57 bits per heavy atom. The zero-order chi connectivity index (χ0) is 27.3. The molecule has 0 aromatic carbocycles. The summed E-state index contributed by atoms with van der Waals surface area (Å²) in [5.41, 5.74) is 2.34. The standard InChI is InChI=1S/C29H54N2O4Si2/c1-27-16-13-22(30-32-3)19-21(27)11-12-23-24(27)14-17-28(2)25(23)15-18-29(28,35-37(8,9)10)26(31-33-4)20-34-36(5,6)7/h21,23-25H,11-20H2,1-10H3/b30-22+,31-26+/t21-,23-,24+,25+,27+,28+,29+/m1/s1. The molecule has 8 heteroatoms. The predicted octanol–water partition coefficient (Wildman–Crippen LogP) is 7.48. The molecule has 6 nitrogen and oxygen atoms in total. The monoisotopic (exact) mass is 550 g/mol. The normalized spacial score (nSPS) is 41.7. The summed E-state index contributed by atoms with van der Waals surface area (Å²) in [6.45, 7) is 19.4. The molecule has 4 aliphatic rings. The lowest BCUT2D eigenvalue weighted by atomic mass is 9.44. The van der Waals surface area contributed by atoms with Gasteiger partial charge in [-0.3, -0.25) is 0 Å². The van der Waals surface area contributed by atoms with Crippen molar-refractivity contribution in [3.63, 3.8) is 0 Å². The first-order chi connectivity index (χ1) is 17.2. The first kappa shape index (κ1) is 29.3. The zero-order valence-electron chi connectivity index (χ0n) is 25.4. The molecule has 0 amide bonds. The van der Waals surface area contributed by atoms with Crippen LogP contribution in [0.1, 0.15) is 71.6 Å². The Hall–Kier alpha value is -0.706. The minimum absolute atomic E-state index is 0.0507. The lowest BCUT2D eigenvalue weighted by Gasteiger charge is -2.62. The van der Waals surface area contributed by atoms with E-state index in [0.717, 1.165) is 42.7 Å². The van der Waals surface area contributed by atoms with E-state index >= 15 is 0 Å². The summed E-state index contributed by atoms with van der Waals surface area (Å²) in [4.78, 5) is 10.7. The number of oxime groups is 2. The highest BCUT2D eigenvalue weighted by molar-refractivity contribution is 6.70. The Balaban J connectivity index is 1.68. The van der Waals surface area contributed by atoms with Gasteiger partial charge in [0.05, 0.1) is 12.3 Å². The number of fused-ring (bicyclic) bond motifs is 5. The van der Waals surface area contributed by atoms with Crippen molar-refractivity contribution in [3.05, 3.63) is 0 Å². The third kappa shape index (κ3) is 5.38. The number of hydrogen-bond acceptors (Lipinski definition) is 6. The molecular weight excluding hydrogens is 497 g/mol. The zero-order valence-corrected chi connectivity index (χ0v) is 27.4. The van der Waals surface area contributed by atoms with Gasteiger partial charge < -0.3 is 18.5 Å². The highest BCUT2D eigenvalue weighted by atomic mass is 28.4. The molecule has 0 bridgehead atoms. The van der Waals surface area contributed by atoms with Gasteiger partial charge >= 0.3 is 0 Å². The Labute approximate surface area is 228 Å². The van der Waals surface area contributed by atoms with Crippen molar-refractivity contribution in [2.75, 3.05) is 20.8 Å². The van der Waals surface area contributed by atoms with E-state index in [9.17, 15) is 0 Å². The molecule has 0 aliphatic heterocycles. The third-order valence-electron chi connectivity index (χ3n) is 10.6. The van der Waals surface area contributed by atoms with Crippen LogP contribution in [0.5, 0.6) is 0 Å². The number of rotatable bonds is 8. The SMILES string of the molecule is CO/N=C1\CC[C@@]2(C)[C@H](CC[C@@H]3[C@@H]2CC[C@@]2(C)[C@H]3CC[C@]2(O[Si](C)(C)C)/C(CO[Si](C)(C)C)=N/OC)C1. The van der Waals surface area contributed by atoms with Crippen molar-refractivity contribution >= 4 is 28.1 Å². The van der Waals surface area contributed by atoms with Crippen LogP contribution < -0.4 is 0 Å². The molecule has 7 atom stereocenters. The lowest BCUT2D eigenvalue weighted by Crippen LogP contribution is -2.62. The summed E-state index contributed by atoms with van der Waals surface area (Å²) in [6, 6.07) is 0. The third-order valence-corrected chi connectivity index (χ3v) is 12.6. The van der Waals surface area contributed by atoms with E-state index in [0.29, 0.717) is 17.9 Å². The average Bonchev–Trinajstić information content (AvgIpc) is 3.08. The molecule has 0 aromatic heterocycles. The van der Waals surface area contributed by atoms with E-state index in [-0.39, 0.29) is 5.41 Å². The average molecular weight is 551 g/mol. The van der Waals surface area contributed by atoms with Gasteiger partial charge in [-0.25, -0.2) is 0 Å². The van der Waals surface area contributed by atoms with E-state index < -0.39 is 22.2 Å². The molecule has 0 unspecified atom stereocenters. The van der Waals surface area contributed by atoms with E-state index in [2.05, 4.69) is 58.3 Å². The Morgan fingerprint density at radius 3 is 2.19 bits per heavy atom. The summed E-state index contributed by atoms with van der Waals surface area (Å²) in [5.74, 6) is 2.94. The van der Waals surface area contributed by atoms with E-state index in [1.165, 1.54) is 44.2 Å². The smallest absolute Gasteiger partial charge is 0.185 e. The van der Waals surface area contributed by atoms with Gasteiger partial charge in [-0.05, 0) is 126 Å². The highest BCUT2D eigenvalue weighted by Crippen LogP contribution is 2.69. The van der Waals surface area contributed by atoms with E-state index in [4.69, 9.17) is 23.7 Å². The first-order valence-corrected chi connectivity index (χ1v) is 21.5. The summed E-state index contributed by atoms with van der Waals surface area (Å²) in [6.07, 6.45) is 10.8. The minimum atomic E-state index is -1.89. The maximum Gasteiger partial charge on any atom is 0.185 e. The van der Waals surface area contributed by atoms with E-state index in [1.807, 2.05) is 0 Å². The number of hydrogen-bond donors (Lipinski definition) is 0. The van der Waals surface area contributed by atoms with Crippen LogP contribution in [0.2, 0.25) is 39.3 Å². The molecular formula is C29H54N2O4Si2. The van der Waals surface area contributed by atoms with Gasteiger partial charge in [-0.1, -0.05) is 24.2 Å². The largest absolute Gasteiger partial charge is 0.412 e. The van der Waals surface area contributed by atoms with Gasteiger partial charge in [0.15, 0.2) is 16.6 Å². The van der Waals surface area contributed by atoms with Gasteiger partial charge in [-0.2, -0.15) is 0 Å². The van der Waals surface area contributed by atoms with Crippen molar-refractivity contribution < 1.29 is 18.5 Å². The van der Waals surface area contributed by atoms with Gasteiger partial charge in [0.2, 0.25) is 0 Å². The maximum atomic E-state index is 7.33. The van der Waals surface area contributed by atoms with Gasteiger partial charge in [0, 0.05) is 5.41 Å². The second-order valence-electron chi connectivity index (χ2n) is 14.9. The Bertz CT molecular complexity index is 897. The fourth-order valence-corrected chi connectivity index (χ4v) is 11.2. The molecule has 212 valence electrons. The molecule has 0 spiro atoms. The van der Waals surface area contributed by atoms with Crippen LogP contribution in [0, 0.1) is 34.5 Å². The van der Waals surface area contributed by atoms with Crippen LogP contribution in [0.15, 0.2) is 10.3 Å². The summed E-state index contributed by atoms with van der Waals surface area (Å²) in [7, 11) is -0.260. The van der Waals surface area contributed by atoms with Gasteiger partial charge in [0.1, 0.15) is 25.5 Å². The second kappa shape index (κ2) is 10.4. The van der Waals surface area contributed by atoms with Crippen molar-refractivity contribution in [2.24, 2.45) is 44.8 Å². The lowest BCUT2D eigenvalue weighted by molar-refractivity contribution is -0.122. The van der Waals surface area contributed by atoms with Crippen LogP contribution in [0.4, 0.5) is 0 Å². The summed E-state index contributed by atoms with van der Waals surface area (Å²) < 4.78 is 13.8. The molecule has 0 radical (unpaired) electrons. The molecule has 4 aliphatic carbocycles. The predicted molar refractivity (Wildman–Crippen MR) is 157 cm³/mol. The first-order valence-electron chi connectivity index (χ1n) is 14.7. The number of nitrogens with zero attached hydrogens (tertiary/aromatic N) is 2. The molecule has 4 saturated carbocycles. The van der Waals surface area contributed by atoms with E-state index in [1.54, 1.807) is 14.2 Å². The second-order valence-corrected chi connectivity index (χ2v) is 23.8. The maximum absolute atomic E-state index is 7.33. The molecule has 0 heterocycles. The molecule has 0 saturated heterocycles. The fourth-order valence-electron chi connectivity index (χ4n) is 9.11. The summed E-state index contributed by atoms with van der Waals surface area (Å²) >= 11 is 0. The van der Waals surface area contributed by atoms with Gasteiger partial charge in [0.25, 0.3) is 0 Å². The fraction of sp³-hybridized carbons (Fsp3) is 0.931. The Kier molecular flexibility index (Phi) is 8.20. The molecule has 4 rings (SSSR count). The van der Waals surface area contributed by atoms with Gasteiger partial charge in [-0.15, -0.1) is 0 Å². The molecule has 37 heavy (non-hydrogen) atoms. The molecule has 0 aromatic rings. The summed E-state index contributed by atoms with van der Waals surface area (Å²) in [5, 5.41) is 9.07. The van der Waals surface area contributed by atoms with Crippen molar-refractivity contribution in [1.82, 2.24) is 0 Å². The molecule has 4 fully saturated rings.